The third-order valence-corrected chi connectivity index (χ3v) is 7.10. The van der Waals surface area contributed by atoms with Crippen LogP contribution in [0.15, 0.2) is 66.3 Å². The molecule has 2 N–H and O–H groups in total. The molecule has 42 heavy (non-hydrogen) atoms. The molecule has 2 aromatic carbocycles. The van der Waals surface area contributed by atoms with Gasteiger partial charge in [-0.2, -0.15) is 13.2 Å². The van der Waals surface area contributed by atoms with Crippen molar-refractivity contribution in [1.29, 1.82) is 0 Å². The Balaban J connectivity index is 1.27. The molecular formula is C30H28F3NO8. The van der Waals surface area contributed by atoms with Crippen molar-refractivity contribution in [3.05, 3.63) is 88.5 Å². The van der Waals surface area contributed by atoms with Crippen LogP contribution in [0.1, 0.15) is 33.5 Å². The summed E-state index contributed by atoms with van der Waals surface area (Å²) in [7, 11) is 0. The van der Waals surface area contributed by atoms with Gasteiger partial charge in [0.25, 0.3) is 0 Å². The second-order valence-corrected chi connectivity index (χ2v) is 10.2. The Labute approximate surface area is 238 Å². The van der Waals surface area contributed by atoms with Gasteiger partial charge in [-0.3, -0.25) is 4.79 Å². The van der Waals surface area contributed by atoms with Crippen molar-refractivity contribution >= 4 is 23.9 Å². The highest BCUT2D eigenvalue weighted by Gasteiger charge is 2.55. The zero-order valence-corrected chi connectivity index (χ0v) is 22.3. The predicted molar refractivity (Wildman–Crippen MR) is 141 cm³/mol. The first kappa shape index (κ1) is 29.5. The number of rotatable bonds is 8. The number of carbonyl (C=O) groups is 3. The third-order valence-electron chi connectivity index (χ3n) is 7.10. The zero-order valence-electron chi connectivity index (χ0n) is 22.3. The van der Waals surface area contributed by atoms with Crippen LogP contribution in [0, 0.1) is 0 Å². The van der Waals surface area contributed by atoms with E-state index < -0.39 is 54.7 Å². The summed E-state index contributed by atoms with van der Waals surface area (Å²) in [6.45, 7) is -1.86. The number of halogens is 3. The Morgan fingerprint density at radius 1 is 1.05 bits per heavy atom. The number of ether oxygens (including phenoxy) is 4. The van der Waals surface area contributed by atoms with Gasteiger partial charge in [0.2, 0.25) is 5.91 Å². The minimum absolute atomic E-state index is 0.0617. The van der Waals surface area contributed by atoms with E-state index in [-0.39, 0.29) is 25.1 Å². The van der Waals surface area contributed by atoms with Crippen molar-refractivity contribution in [2.45, 2.75) is 49.5 Å². The minimum atomic E-state index is -4.62. The molecule has 0 bridgehead atoms. The molecule has 1 amide bonds. The van der Waals surface area contributed by atoms with E-state index >= 15 is 0 Å². The van der Waals surface area contributed by atoms with E-state index in [2.05, 4.69) is 10.1 Å². The van der Waals surface area contributed by atoms with Gasteiger partial charge in [-0.05, 0) is 41.0 Å². The topological polar surface area (TPSA) is 120 Å². The summed E-state index contributed by atoms with van der Waals surface area (Å²) in [4.78, 5) is 37.4. The highest BCUT2D eigenvalue weighted by atomic mass is 19.4. The summed E-state index contributed by atoms with van der Waals surface area (Å²) in [5.41, 5.74) is 3.14. The van der Waals surface area contributed by atoms with Crippen LogP contribution < -0.4 is 5.32 Å². The molecule has 0 aromatic heterocycles. The molecule has 1 heterocycles. The first-order valence-corrected chi connectivity index (χ1v) is 13.3. The Morgan fingerprint density at radius 3 is 2.38 bits per heavy atom. The average Bonchev–Trinajstić information content (AvgIpc) is 3.51. The molecular weight excluding hydrogens is 559 g/mol. The molecule has 12 heteroatoms. The van der Waals surface area contributed by atoms with Gasteiger partial charge in [-0.25, -0.2) is 9.59 Å². The largest absolute Gasteiger partial charge is 0.456 e. The van der Waals surface area contributed by atoms with Gasteiger partial charge in [0.05, 0.1) is 12.2 Å². The number of fused-ring (bicyclic) bond motifs is 2. The normalized spacial score (nSPS) is 22.4. The Hall–Kier alpha value is -4.00. The van der Waals surface area contributed by atoms with Crippen LogP contribution in [0.5, 0.6) is 0 Å². The van der Waals surface area contributed by atoms with E-state index in [0.29, 0.717) is 24.0 Å². The molecule has 3 unspecified atom stereocenters. The number of aliphatic hydroxyl groups is 1. The summed E-state index contributed by atoms with van der Waals surface area (Å²) < 4.78 is 59.3. The SMILES string of the molecule is O=C(C=Cc1ccc(C(=O)OC2CC(C(=O)NCCO)=CC3OC4(Cc5ccccc5C4)OC32)cc1)OCC(F)(F)F. The minimum Gasteiger partial charge on any atom is -0.456 e. The number of carbonyl (C=O) groups excluding carboxylic acids is 3. The van der Waals surface area contributed by atoms with Crippen LogP contribution in [0.3, 0.4) is 0 Å². The van der Waals surface area contributed by atoms with Gasteiger partial charge in [-0.1, -0.05) is 36.4 Å². The van der Waals surface area contributed by atoms with Crippen molar-refractivity contribution in [2.75, 3.05) is 19.8 Å². The first-order valence-electron chi connectivity index (χ1n) is 13.3. The summed E-state index contributed by atoms with van der Waals surface area (Å²) in [6.07, 6.45) is -1.91. The number of esters is 2. The molecule has 5 rings (SSSR count). The summed E-state index contributed by atoms with van der Waals surface area (Å²) >= 11 is 0. The number of amides is 1. The number of alkyl halides is 3. The lowest BCUT2D eigenvalue weighted by atomic mass is 9.91. The van der Waals surface area contributed by atoms with Gasteiger partial charge in [0, 0.05) is 37.5 Å². The summed E-state index contributed by atoms with van der Waals surface area (Å²) in [5, 5.41) is 11.7. The van der Waals surface area contributed by atoms with Crippen LogP contribution in [0.25, 0.3) is 6.08 Å². The summed E-state index contributed by atoms with van der Waals surface area (Å²) in [6, 6.07) is 13.7. The summed E-state index contributed by atoms with van der Waals surface area (Å²) in [5.74, 6) is -3.20. The van der Waals surface area contributed by atoms with E-state index in [4.69, 9.17) is 19.3 Å². The van der Waals surface area contributed by atoms with Gasteiger partial charge in [0.1, 0.15) is 18.3 Å². The number of benzene rings is 2. The fourth-order valence-corrected chi connectivity index (χ4v) is 5.25. The molecule has 0 radical (unpaired) electrons. The van der Waals surface area contributed by atoms with Crippen LogP contribution in [-0.4, -0.2) is 73.0 Å². The van der Waals surface area contributed by atoms with E-state index in [1.807, 2.05) is 24.3 Å². The maximum atomic E-state index is 13.1. The lowest BCUT2D eigenvalue weighted by Gasteiger charge is -2.30. The van der Waals surface area contributed by atoms with Crippen molar-refractivity contribution < 1.29 is 51.6 Å². The van der Waals surface area contributed by atoms with Crippen LogP contribution in [-0.2, 0) is 41.4 Å². The molecule has 2 aromatic rings. The van der Waals surface area contributed by atoms with Crippen LogP contribution in [0.2, 0.25) is 0 Å². The lowest BCUT2D eigenvalue weighted by molar-refractivity contribution is -0.182. The van der Waals surface area contributed by atoms with Crippen molar-refractivity contribution in [3.63, 3.8) is 0 Å². The molecule has 3 atom stereocenters. The number of nitrogens with one attached hydrogen (secondary N) is 1. The van der Waals surface area contributed by atoms with E-state index in [0.717, 1.165) is 17.2 Å². The first-order chi connectivity index (χ1) is 20.0. The Morgan fingerprint density at radius 2 is 1.74 bits per heavy atom. The second kappa shape index (κ2) is 12.1. The monoisotopic (exact) mass is 587 g/mol. The Bertz CT molecular complexity index is 1380. The quantitative estimate of drug-likeness (QED) is 0.357. The maximum Gasteiger partial charge on any atom is 0.422 e. The van der Waals surface area contributed by atoms with Crippen molar-refractivity contribution in [2.24, 2.45) is 0 Å². The molecule has 3 aliphatic rings. The Kier molecular flexibility index (Phi) is 8.48. The zero-order chi connectivity index (χ0) is 29.9. The maximum absolute atomic E-state index is 13.1. The van der Waals surface area contributed by atoms with Crippen LogP contribution >= 0.6 is 0 Å². The molecule has 1 fully saturated rings. The molecule has 9 nitrogen and oxygen atoms in total. The molecule has 0 saturated carbocycles. The predicted octanol–water partition coefficient (Wildman–Crippen LogP) is 3.05. The fourth-order valence-electron chi connectivity index (χ4n) is 5.25. The van der Waals surface area contributed by atoms with Crippen LogP contribution in [0.4, 0.5) is 13.2 Å². The lowest BCUT2D eigenvalue weighted by Crippen LogP contribution is -2.44. The highest BCUT2D eigenvalue weighted by Crippen LogP contribution is 2.45. The fraction of sp³-hybridized carbons (Fsp3) is 0.367. The van der Waals surface area contributed by atoms with Gasteiger partial charge in [-0.15, -0.1) is 0 Å². The van der Waals surface area contributed by atoms with Gasteiger partial charge < -0.3 is 29.4 Å². The highest BCUT2D eigenvalue weighted by molar-refractivity contribution is 5.94. The number of aliphatic hydroxyl groups excluding tert-OH is 1. The van der Waals surface area contributed by atoms with Crippen molar-refractivity contribution in [1.82, 2.24) is 5.32 Å². The molecule has 1 aliphatic heterocycles. The van der Waals surface area contributed by atoms with Gasteiger partial charge >= 0.3 is 18.1 Å². The molecule has 2 aliphatic carbocycles. The molecule has 1 saturated heterocycles. The van der Waals surface area contributed by atoms with E-state index in [1.54, 1.807) is 6.08 Å². The third kappa shape index (κ3) is 6.89. The molecule has 1 spiro atoms. The average molecular weight is 588 g/mol. The molecule has 222 valence electrons. The smallest absolute Gasteiger partial charge is 0.422 e. The van der Waals surface area contributed by atoms with Gasteiger partial charge in [0.15, 0.2) is 12.4 Å². The number of hydrogen-bond donors (Lipinski definition) is 2. The standard InChI is InChI=1S/C30H28F3NO8/c31-30(32,33)17-39-25(36)10-7-18-5-8-19(9-6-18)28(38)40-23-13-22(27(37)34-11-12-35)14-24-26(23)42-29(41-24)15-20-3-1-2-4-21(20)16-29/h1-10,14,23-24,26,35H,11-13,15-17H2,(H,34,37). The second-order valence-electron chi connectivity index (χ2n) is 10.2. The van der Waals surface area contributed by atoms with E-state index in [1.165, 1.54) is 30.3 Å². The number of hydrogen-bond acceptors (Lipinski definition) is 8. The van der Waals surface area contributed by atoms with E-state index in [9.17, 15) is 27.6 Å². The van der Waals surface area contributed by atoms with Crippen molar-refractivity contribution in [3.8, 4) is 0 Å².